The van der Waals surface area contributed by atoms with E-state index in [4.69, 9.17) is 5.11 Å². The lowest BCUT2D eigenvalue weighted by Gasteiger charge is -2.04. The van der Waals surface area contributed by atoms with Gasteiger partial charge in [0.05, 0.1) is 5.60 Å². The van der Waals surface area contributed by atoms with E-state index in [0.29, 0.717) is 0 Å². The molecule has 0 aliphatic heterocycles. The van der Waals surface area contributed by atoms with Gasteiger partial charge in [0, 0.05) is 0 Å². The molecule has 0 fully saturated rings. The van der Waals surface area contributed by atoms with Gasteiger partial charge < -0.3 is 5.11 Å². The molecule has 85 valence electrons. The molecule has 0 spiro atoms. The van der Waals surface area contributed by atoms with Gasteiger partial charge in [-0.25, -0.2) is 0 Å². The Labute approximate surface area is 97.0 Å². The van der Waals surface area contributed by atoms with Gasteiger partial charge in [-0.2, -0.15) is 0 Å². The van der Waals surface area contributed by atoms with Crippen molar-refractivity contribution in [3.05, 3.63) is 0 Å². The number of hydrogen-bond donors (Lipinski definition) is 1. The molecule has 1 nitrogen and oxygen atoms in total. The highest BCUT2D eigenvalue weighted by molar-refractivity contribution is 6.35. The van der Waals surface area contributed by atoms with Crippen LogP contribution in [0, 0.1) is 0 Å². The zero-order valence-electron chi connectivity index (χ0n) is 10.8. The lowest BCUT2D eigenvalue weighted by Crippen LogP contribution is -2.10. The van der Waals surface area contributed by atoms with Crippen molar-refractivity contribution < 1.29 is 5.11 Å². The van der Waals surface area contributed by atoms with Crippen molar-refractivity contribution in [1.29, 1.82) is 0 Å². The first-order valence-electron chi connectivity index (χ1n) is 5.95. The van der Waals surface area contributed by atoms with E-state index in [-0.39, 0.29) is 0 Å². The maximum absolute atomic E-state index is 8.52. The summed E-state index contributed by atoms with van der Waals surface area (Å²) in [5.74, 6) is 0. The normalized spacial score (nSPS) is 10.4. The molecule has 0 aromatic heterocycles. The molecule has 0 saturated carbocycles. The van der Waals surface area contributed by atoms with Crippen LogP contribution in [-0.2, 0) is 0 Å². The summed E-state index contributed by atoms with van der Waals surface area (Å²) in [5.41, 5.74) is -0.500. The molecule has 14 heavy (non-hydrogen) atoms. The van der Waals surface area contributed by atoms with Crippen molar-refractivity contribution >= 4 is 15.2 Å². The van der Waals surface area contributed by atoms with Crippen LogP contribution >= 0.6 is 0 Å². The number of hydrogen-bond acceptors (Lipinski definition) is 1. The van der Waals surface area contributed by atoms with E-state index >= 15 is 0 Å². The summed E-state index contributed by atoms with van der Waals surface area (Å²) < 4.78 is 0. The highest BCUT2D eigenvalue weighted by atomic mass is 27.1. The lowest BCUT2D eigenvalue weighted by atomic mass is 10.2. The van der Waals surface area contributed by atoms with Crippen LogP contribution in [0.1, 0.15) is 60.3 Å². The summed E-state index contributed by atoms with van der Waals surface area (Å²) in [6.45, 7) is 9.78. The van der Waals surface area contributed by atoms with Gasteiger partial charge in [0.25, 0.3) is 0 Å². The summed E-state index contributed by atoms with van der Waals surface area (Å²) >= 11 is 0.818. The predicted molar refractivity (Wildman–Crippen MR) is 67.2 cm³/mol. The average Bonchev–Trinajstić information content (AvgIpc) is 2.01. The van der Waals surface area contributed by atoms with Crippen molar-refractivity contribution in [3.63, 3.8) is 0 Å². The maximum atomic E-state index is 8.52. The van der Waals surface area contributed by atoms with Gasteiger partial charge in [0.2, 0.25) is 0 Å². The Bertz CT molecular complexity index is 85.0. The fourth-order valence-electron chi connectivity index (χ4n) is 0.841. The Morgan fingerprint density at radius 1 is 0.929 bits per heavy atom. The van der Waals surface area contributed by atoms with Crippen LogP contribution in [0.5, 0.6) is 0 Å². The van der Waals surface area contributed by atoms with Gasteiger partial charge in [-0.05, 0) is 20.8 Å². The van der Waals surface area contributed by atoms with Gasteiger partial charge in [-0.15, -0.1) is 10.6 Å². The molecule has 0 atom stereocenters. The lowest BCUT2D eigenvalue weighted by molar-refractivity contribution is 0.102. The molecule has 0 amide bonds. The van der Waals surface area contributed by atoms with Crippen molar-refractivity contribution in [2.24, 2.45) is 0 Å². The molecule has 0 unspecified atom stereocenters. The van der Waals surface area contributed by atoms with Gasteiger partial charge in [0.1, 0.15) is 0 Å². The first-order chi connectivity index (χ1) is 6.41. The van der Waals surface area contributed by atoms with Crippen molar-refractivity contribution in [3.8, 4) is 0 Å². The molecule has 1 N–H and O–H groups in total. The topological polar surface area (TPSA) is 20.2 Å². The van der Waals surface area contributed by atoms with Crippen LogP contribution in [0.4, 0.5) is 0 Å². The van der Waals surface area contributed by atoms with Gasteiger partial charge in [0.15, 0.2) is 15.2 Å². The Kier molecular flexibility index (Phi) is 14.0. The first kappa shape index (κ1) is 16.9. The molecule has 0 aliphatic rings. The van der Waals surface area contributed by atoms with Crippen LogP contribution in [0.15, 0.2) is 0 Å². The van der Waals surface area contributed by atoms with Crippen LogP contribution in [-0.4, -0.2) is 25.9 Å². The van der Waals surface area contributed by atoms with Crippen LogP contribution < -0.4 is 0 Å². The van der Waals surface area contributed by atoms with Crippen LogP contribution in [0.3, 0.4) is 0 Å². The average molecular weight is 215 g/mol. The second-order valence-electron chi connectivity index (χ2n) is 4.74. The molecule has 0 rings (SSSR count). The highest BCUT2D eigenvalue weighted by Gasteiger charge is 1.97. The third-order valence-corrected chi connectivity index (χ3v) is 3.16. The monoisotopic (exact) mass is 215 g/mol. The molecule has 1 radical (unpaired) electrons. The van der Waals surface area contributed by atoms with Crippen molar-refractivity contribution in [2.45, 2.75) is 76.5 Å². The summed E-state index contributed by atoms with van der Waals surface area (Å²) in [7, 11) is 0. The minimum absolute atomic E-state index is 0.500. The largest absolute Gasteiger partial charge is 0.391 e. The number of unbranched alkanes of at least 4 members (excludes halogenated alkanes) is 2. The second-order valence-corrected chi connectivity index (χ2v) is 6.48. The zero-order chi connectivity index (χ0) is 11.4. The van der Waals surface area contributed by atoms with Crippen molar-refractivity contribution in [1.82, 2.24) is 0 Å². The van der Waals surface area contributed by atoms with E-state index in [9.17, 15) is 0 Å². The smallest absolute Gasteiger partial charge is 0.199 e. The third kappa shape index (κ3) is 39.1. The Morgan fingerprint density at radius 2 is 1.21 bits per heavy atom. The standard InChI is InChI=1S/C4H10O.2C4H9.Al/c1-4(2,3)5;2*1-3-4-2;/h5H,1-3H3;2*1,3-4H2,2H3;. The predicted octanol–water partition coefficient (Wildman–Crippen LogP) is 3.90. The third-order valence-electron chi connectivity index (χ3n) is 1.52. The number of aliphatic hydroxyl groups is 1. The first-order valence-corrected chi connectivity index (χ1v) is 7.59. The Morgan fingerprint density at radius 3 is 1.43 bits per heavy atom. The Hall–Kier alpha value is 0.492. The maximum Gasteiger partial charge on any atom is 0.199 e. The minimum atomic E-state index is -0.500. The zero-order valence-corrected chi connectivity index (χ0v) is 11.9. The quantitative estimate of drug-likeness (QED) is 0.526. The van der Waals surface area contributed by atoms with E-state index in [1.165, 1.54) is 36.2 Å². The van der Waals surface area contributed by atoms with E-state index in [1.54, 1.807) is 20.8 Å². The minimum Gasteiger partial charge on any atom is -0.391 e. The van der Waals surface area contributed by atoms with E-state index < -0.39 is 5.60 Å². The molecule has 0 saturated heterocycles. The molecule has 0 aromatic rings. The van der Waals surface area contributed by atoms with Crippen LogP contribution in [0.2, 0.25) is 10.6 Å². The van der Waals surface area contributed by atoms with Gasteiger partial charge >= 0.3 is 0 Å². The Balaban J connectivity index is 0. The number of rotatable bonds is 6. The molecule has 0 heterocycles. The molecule has 2 heteroatoms. The molecular weight excluding hydrogens is 187 g/mol. The fourth-order valence-corrected chi connectivity index (χ4v) is 2.52. The molecule has 0 aromatic carbocycles. The molecule has 0 aliphatic carbocycles. The van der Waals surface area contributed by atoms with E-state index in [2.05, 4.69) is 13.8 Å². The SMILES string of the molecule is CC(C)(C)O.CCC[CH2][Al][CH2]CCC. The van der Waals surface area contributed by atoms with Gasteiger partial charge in [-0.3, -0.25) is 0 Å². The van der Waals surface area contributed by atoms with E-state index in [1.807, 2.05) is 0 Å². The second kappa shape index (κ2) is 11.6. The van der Waals surface area contributed by atoms with Crippen molar-refractivity contribution in [2.75, 3.05) is 0 Å². The molecule has 0 bridgehead atoms. The summed E-state index contributed by atoms with van der Waals surface area (Å²) in [5, 5.41) is 11.6. The molecular formula is C12H28AlO. The summed E-state index contributed by atoms with van der Waals surface area (Å²) in [6, 6.07) is 0. The van der Waals surface area contributed by atoms with Crippen LogP contribution in [0.25, 0.3) is 0 Å². The fraction of sp³-hybridized carbons (Fsp3) is 1.00. The highest BCUT2D eigenvalue weighted by Crippen LogP contribution is 1.99. The van der Waals surface area contributed by atoms with Gasteiger partial charge in [-0.1, -0.05) is 39.5 Å². The summed E-state index contributed by atoms with van der Waals surface area (Å²) in [4.78, 5) is 0. The van der Waals surface area contributed by atoms with E-state index in [0.717, 1.165) is 15.2 Å². The summed E-state index contributed by atoms with van der Waals surface area (Å²) in [6.07, 6.45) is 5.72.